The van der Waals surface area contributed by atoms with Crippen LogP contribution in [0.3, 0.4) is 0 Å². The molecule has 5 heteroatoms. The Balaban J connectivity index is 2.19. The van der Waals surface area contributed by atoms with Crippen molar-refractivity contribution in [3.63, 3.8) is 0 Å². The lowest BCUT2D eigenvalue weighted by Gasteiger charge is -2.16. The van der Waals surface area contributed by atoms with E-state index in [1.807, 2.05) is 10.8 Å². The first-order chi connectivity index (χ1) is 8.61. The molecular formula is C13H24N4O. The van der Waals surface area contributed by atoms with Crippen LogP contribution in [0.15, 0.2) is 18.7 Å². The fourth-order valence-electron chi connectivity index (χ4n) is 2.01. The van der Waals surface area contributed by atoms with E-state index >= 15 is 0 Å². The molecule has 0 aliphatic heterocycles. The van der Waals surface area contributed by atoms with Gasteiger partial charge in [0.2, 0.25) is 5.91 Å². The molecule has 0 aromatic carbocycles. The Morgan fingerprint density at radius 2 is 2.28 bits per heavy atom. The van der Waals surface area contributed by atoms with Crippen LogP contribution in [0, 0.1) is 11.8 Å². The summed E-state index contributed by atoms with van der Waals surface area (Å²) in [5.74, 6) is 0.960. The van der Waals surface area contributed by atoms with Crippen molar-refractivity contribution in [1.29, 1.82) is 0 Å². The van der Waals surface area contributed by atoms with Gasteiger partial charge in [-0.05, 0) is 24.8 Å². The van der Waals surface area contributed by atoms with Crippen molar-refractivity contribution in [3.05, 3.63) is 18.7 Å². The van der Waals surface area contributed by atoms with Gasteiger partial charge in [0.25, 0.3) is 0 Å². The highest BCUT2D eigenvalue weighted by Crippen LogP contribution is 2.13. The quantitative estimate of drug-likeness (QED) is 0.725. The number of hydrogen-bond acceptors (Lipinski definition) is 3. The van der Waals surface area contributed by atoms with Crippen LogP contribution in [0.4, 0.5) is 0 Å². The molecular weight excluding hydrogens is 228 g/mol. The maximum atomic E-state index is 11.7. The molecule has 0 radical (unpaired) electrons. The van der Waals surface area contributed by atoms with Crippen molar-refractivity contribution in [1.82, 2.24) is 14.9 Å². The van der Waals surface area contributed by atoms with Gasteiger partial charge in [0.05, 0.1) is 6.33 Å². The first kappa shape index (κ1) is 14.7. The second-order valence-electron chi connectivity index (χ2n) is 5.09. The lowest BCUT2D eigenvalue weighted by molar-refractivity contribution is -0.122. The lowest BCUT2D eigenvalue weighted by atomic mass is 9.94. The zero-order chi connectivity index (χ0) is 13.4. The standard InChI is InChI=1S/C13H24N4O/c1-11(2)7-12(9-14)8-13(18)16-4-6-17-5-3-15-10-17/h3,5,10-12H,4,6-9,14H2,1-2H3,(H,16,18). The van der Waals surface area contributed by atoms with Gasteiger partial charge >= 0.3 is 0 Å². The zero-order valence-corrected chi connectivity index (χ0v) is 11.3. The molecule has 3 N–H and O–H groups in total. The molecule has 0 saturated carbocycles. The summed E-state index contributed by atoms with van der Waals surface area (Å²) in [6.45, 7) is 6.27. The van der Waals surface area contributed by atoms with Crippen molar-refractivity contribution in [2.45, 2.75) is 33.2 Å². The first-order valence-electron chi connectivity index (χ1n) is 6.54. The summed E-state index contributed by atoms with van der Waals surface area (Å²) in [7, 11) is 0. The molecule has 1 heterocycles. The number of imidazole rings is 1. The number of rotatable bonds is 8. The highest BCUT2D eigenvalue weighted by molar-refractivity contribution is 5.76. The molecule has 0 aliphatic rings. The van der Waals surface area contributed by atoms with Crippen molar-refractivity contribution in [3.8, 4) is 0 Å². The van der Waals surface area contributed by atoms with Gasteiger partial charge in [-0.15, -0.1) is 0 Å². The smallest absolute Gasteiger partial charge is 0.220 e. The van der Waals surface area contributed by atoms with Crippen LogP contribution in [0.2, 0.25) is 0 Å². The molecule has 0 spiro atoms. The summed E-state index contributed by atoms with van der Waals surface area (Å²) in [5.41, 5.74) is 5.68. The van der Waals surface area contributed by atoms with Crippen molar-refractivity contribution in [2.75, 3.05) is 13.1 Å². The predicted octanol–water partition coefficient (Wildman–Crippen LogP) is 1.01. The minimum Gasteiger partial charge on any atom is -0.354 e. The summed E-state index contributed by atoms with van der Waals surface area (Å²) >= 11 is 0. The maximum absolute atomic E-state index is 11.7. The van der Waals surface area contributed by atoms with Gasteiger partial charge in [0, 0.05) is 31.9 Å². The summed E-state index contributed by atoms with van der Waals surface area (Å²) in [6.07, 6.45) is 6.89. The number of aromatic nitrogens is 2. The van der Waals surface area contributed by atoms with E-state index in [1.54, 1.807) is 12.5 Å². The number of carbonyl (C=O) groups is 1. The number of nitrogens with one attached hydrogen (secondary N) is 1. The van der Waals surface area contributed by atoms with Gasteiger partial charge in [-0.2, -0.15) is 0 Å². The van der Waals surface area contributed by atoms with Gasteiger partial charge in [0.1, 0.15) is 0 Å². The van der Waals surface area contributed by atoms with Crippen LogP contribution in [0.1, 0.15) is 26.7 Å². The molecule has 0 saturated heterocycles. The molecule has 0 fully saturated rings. The number of amides is 1. The molecule has 1 rings (SSSR count). The van der Waals surface area contributed by atoms with Crippen molar-refractivity contribution < 1.29 is 4.79 Å². The Kier molecular flexibility index (Phi) is 6.43. The van der Waals surface area contributed by atoms with E-state index in [0.29, 0.717) is 31.3 Å². The van der Waals surface area contributed by atoms with Crippen LogP contribution in [0.5, 0.6) is 0 Å². The van der Waals surface area contributed by atoms with Crippen LogP contribution in [0.25, 0.3) is 0 Å². The Bertz CT molecular complexity index is 335. The monoisotopic (exact) mass is 252 g/mol. The van der Waals surface area contributed by atoms with E-state index in [4.69, 9.17) is 5.73 Å². The Labute approximate surface area is 109 Å². The molecule has 5 nitrogen and oxygen atoms in total. The summed E-state index contributed by atoms with van der Waals surface area (Å²) in [6, 6.07) is 0. The van der Waals surface area contributed by atoms with E-state index in [2.05, 4.69) is 24.1 Å². The average molecular weight is 252 g/mol. The third-order valence-electron chi connectivity index (χ3n) is 2.86. The maximum Gasteiger partial charge on any atom is 0.220 e. The number of nitrogens with two attached hydrogens (primary N) is 1. The van der Waals surface area contributed by atoms with E-state index in [1.165, 1.54) is 0 Å². The summed E-state index contributed by atoms with van der Waals surface area (Å²) < 4.78 is 1.94. The van der Waals surface area contributed by atoms with Crippen LogP contribution in [-0.4, -0.2) is 28.5 Å². The minimum atomic E-state index is 0.0891. The fraction of sp³-hybridized carbons (Fsp3) is 0.692. The second-order valence-corrected chi connectivity index (χ2v) is 5.09. The van der Waals surface area contributed by atoms with Crippen molar-refractivity contribution >= 4 is 5.91 Å². The van der Waals surface area contributed by atoms with E-state index in [-0.39, 0.29) is 5.91 Å². The van der Waals surface area contributed by atoms with Gasteiger partial charge in [-0.3, -0.25) is 4.79 Å². The van der Waals surface area contributed by atoms with E-state index in [9.17, 15) is 4.79 Å². The molecule has 1 atom stereocenters. The van der Waals surface area contributed by atoms with Crippen LogP contribution >= 0.6 is 0 Å². The lowest BCUT2D eigenvalue weighted by Crippen LogP contribution is -2.31. The summed E-state index contributed by atoms with van der Waals surface area (Å²) in [5, 5.41) is 2.92. The molecule has 18 heavy (non-hydrogen) atoms. The normalized spacial score (nSPS) is 12.7. The molecule has 102 valence electrons. The fourth-order valence-corrected chi connectivity index (χ4v) is 2.01. The number of carbonyl (C=O) groups excluding carboxylic acids is 1. The average Bonchev–Trinajstić information content (AvgIpc) is 2.80. The first-order valence-corrected chi connectivity index (χ1v) is 6.54. The van der Waals surface area contributed by atoms with Gasteiger partial charge in [-0.1, -0.05) is 13.8 Å². The van der Waals surface area contributed by atoms with Crippen LogP contribution < -0.4 is 11.1 Å². The third-order valence-corrected chi connectivity index (χ3v) is 2.86. The topological polar surface area (TPSA) is 72.9 Å². The molecule has 0 aliphatic carbocycles. The largest absolute Gasteiger partial charge is 0.354 e. The molecule has 0 bridgehead atoms. The van der Waals surface area contributed by atoms with E-state index in [0.717, 1.165) is 13.0 Å². The highest BCUT2D eigenvalue weighted by Gasteiger charge is 2.13. The van der Waals surface area contributed by atoms with Gasteiger partial charge in [0.15, 0.2) is 0 Å². The Morgan fingerprint density at radius 3 is 2.83 bits per heavy atom. The minimum absolute atomic E-state index is 0.0891. The van der Waals surface area contributed by atoms with Gasteiger partial charge < -0.3 is 15.6 Å². The summed E-state index contributed by atoms with van der Waals surface area (Å²) in [4.78, 5) is 15.7. The number of nitrogens with zero attached hydrogens (tertiary/aromatic N) is 2. The highest BCUT2D eigenvalue weighted by atomic mass is 16.1. The SMILES string of the molecule is CC(C)CC(CN)CC(=O)NCCn1ccnc1. The van der Waals surface area contributed by atoms with Gasteiger partial charge in [-0.25, -0.2) is 4.98 Å². The van der Waals surface area contributed by atoms with Crippen molar-refractivity contribution in [2.24, 2.45) is 17.6 Å². The zero-order valence-electron chi connectivity index (χ0n) is 11.3. The number of hydrogen-bond donors (Lipinski definition) is 2. The predicted molar refractivity (Wildman–Crippen MR) is 71.9 cm³/mol. The van der Waals surface area contributed by atoms with Crippen LogP contribution in [-0.2, 0) is 11.3 Å². The third kappa shape index (κ3) is 5.82. The Hall–Kier alpha value is -1.36. The Morgan fingerprint density at radius 1 is 1.50 bits per heavy atom. The van der Waals surface area contributed by atoms with E-state index < -0.39 is 0 Å². The molecule has 1 amide bonds. The molecule has 1 unspecified atom stereocenters. The second kappa shape index (κ2) is 7.87. The molecule has 1 aromatic heterocycles. The molecule has 1 aromatic rings.